The molecule has 0 aliphatic heterocycles. The van der Waals surface area contributed by atoms with Crippen molar-refractivity contribution in [3.63, 3.8) is 0 Å². The summed E-state index contributed by atoms with van der Waals surface area (Å²) in [5, 5.41) is 3.42. The fourth-order valence-corrected chi connectivity index (χ4v) is 2.83. The van der Waals surface area contributed by atoms with Crippen LogP contribution in [-0.4, -0.2) is 26.4 Å². The number of nitrogens with one attached hydrogen (secondary N) is 1. The van der Waals surface area contributed by atoms with E-state index in [-0.39, 0.29) is 0 Å². The highest BCUT2D eigenvalue weighted by Crippen LogP contribution is 2.24. The maximum absolute atomic E-state index is 5.87. The fraction of sp³-hybridized carbons (Fsp3) is 0.667. The molecular formula is C18H29NO2. The van der Waals surface area contributed by atoms with Crippen molar-refractivity contribution in [3.05, 3.63) is 29.8 Å². The van der Waals surface area contributed by atoms with Crippen LogP contribution in [0.2, 0.25) is 0 Å². The predicted molar refractivity (Wildman–Crippen MR) is 86.7 cm³/mol. The van der Waals surface area contributed by atoms with Gasteiger partial charge in [0.15, 0.2) is 0 Å². The first kappa shape index (κ1) is 16.3. The van der Waals surface area contributed by atoms with Gasteiger partial charge in [0.05, 0.1) is 6.61 Å². The number of hydrogen-bond acceptors (Lipinski definition) is 3. The van der Waals surface area contributed by atoms with Crippen molar-refractivity contribution in [1.82, 2.24) is 5.32 Å². The molecule has 2 rings (SSSR count). The Morgan fingerprint density at radius 2 is 1.95 bits per heavy atom. The van der Waals surface area contributed by atoms with Gasteiger partial charge in [0.1, 0.15) is 12.4 Å². The van der Waals surface area contributed by atoms with Crippen molar-refractivity contribution in [2.24, 2.45) is 5.92 Å². The minimum absolute atomic E-state index is 0.636. The number of para-hydroxylation sites is 1. The molecule has 3 heteroatoms. The predicted octanol–water partition coefficient (Wildman–Crippen LogP) is 3.77. The third-order valence-electron chi connectivity index (χ3n) is 4.03. The van der Waals surface area contributed by atoms with E-state index >= 15 is 0 Å². The number of ether oxygens (including phenoxy) is 2. The molecular weight excluding hydrogens is 262 g/mol. The van der Waals surface area contributed by atoms with E-state index in [1.165, 1.54) is 31.2 Å². The summed E-state index contributed by atoms with van der Waals surface area (Å²) in [6, 6.07) is 8.25. The van der Waals surface area contributed by atoms with Crippen LogP contribution in [0, 0.1) is 5.92 Å². The first-order chi connectivity index (χ1) is 10.4. The van der Waals surface area contributed by atoms with E-state index in [2.05, 4.69) is 24.4 Å². The maximum atomic E-state index is 5.87. The van der Waals surface area contributed by atoms with Gasteiger partial charge in [-0.3, -0.25) is 0 Å². The Labute approximate surface area is 129 Å². The van der Waals surface area contributed by atoms with Crippen molar-refractivity contribution in [2.75, 3.05) is 26.4 Å². The minimum Gasteiger partial charge on any atom is -0.491 e. The monoisotopic (exact) mass is 291 g/mol. The van der Waals surface area contributed by atoms with E-state index < -0.39 is 0 Å². The molecule has 0 bridgehead atoms. The molecule has 1 aliphatic rings. The van der Waals surface area contributed by atoms with E-state index in [0.717, 1.165) is 37.8 Å². The Kier molecular flexibility index (Phi) is 7.61. The summed E-state index contributed by atoms with van der Waals surface area (Å²) in [5.41, 5.74) is 1.22. The van der Waals surface area contributed by atoms with Gasteiger partial charge in [-0.15, -0.1) is 0 Å². The second kappa shape index (κ2) is 9.80. The molecule has 0 heterocycles. The molecule has 1 aromatic carbocycles. The van der Waals surface area contributed by atoms with Crippen LogP contribution in [0.15, 0.2) is 24.3 Å². The van der Waals surface area contributed by atoms with Crippen LogP contribution in [-0.2, 0) is 11.3 Å². The molecule has 1 saturated carbocycles. The highest BCUT2D eigenvalue weighted by molar-refractivity contribution is 5.33. The second-order valence-corrected chi connectivity index (χ2v) is 5.86. The molecule has 118 valence electrons. The molecule has 1 aliphatic carbocycles. The minimum atomic E-state index is 0.636. The molecule has 21 heavy (non-hydrogen) atoms. The molecule has 0 atom stereocenters. The van der Waals surface area contributed by atoms with Crippen LogP contribution in [0.5, 0.6) is 5.75 Å². The van der Waals surface area contributed by atoms with E-state index in [0.29, 0.717) is 13.2 Å². The van der Waals surface area contributed by atoms with E-state index in [4.69, 9.17) is 9.47 Å². The quantitative estimate of drug-likeness (QED) is 0.666. The maximum Gasteiger partial charge on any atom is 0.123 e. The molecule has 0 unspecified atom stereocenters. The second-order valence-electron chi connectivity index (χ2n) is 5.86. The average molecular weight is 291 g/mol. The largest absolute Gasteiger partial charge is 0.491 e. The summed E-state index contributed by atoms with van der Waals surface area (Å²) in [5.74, 6) is 1.76. The van der Waals surface area contributed by atoms with Crippen molar-refractivity contribution >= 4 is 0 Å². The molecule has 1 fully saturated rings. The number of rotatable bonds is 10. The van der Waals surface area contributed by atoms with Crippen LogP contribution in [0.25, 0.3) is 0 Å². The van der Waals surface area contributed by atoms with Gasteiger partial charge in [-0.05, 0) is 37.8 Å². The zero-order valence-electron chi connectivity index (χ0n) is 13.3. The van der Waals surface area contributed by atoms with Gasteiger partial charge < -0.3 is 14.8 Å². The fourth-order valence-electron chi connectivity index (χ4n) is 2.83. The zero-order valence-corrected chi connectivity index (χ0v) is 13.3. The normalized spacial score (nSPS) is 15.5. The summed E-state index contributed by atoms with van der Waals surface area (Å²) in [6.45, 7) is 6.32. The van der Waals surface area contributed by atoms with Gasteiger partial charge >= 0.3 is 0 Å². The standard InChI is InChI=1S/C18H29NO2/c1-2-11-19-14-17-9-5-6-10-18(17)21-13-12-20-15-16-7-3-4-8-16/h5-6,9-10,16,19H,2-4,7-8,11-15H2,1H3. The summed E-state index contributed by atoms with van der Waals surface area (Å²) >= 11 is 0. The van der Waals surface area contributed by atoms with Crippen LogP contribution in [0.1, 0.15) is 44.6 Å². The smallest absolute Gasteiger partial charge is 0.123 e. The topological polar surface area (TPSA) is 30.5 Å². The summed E-state index contributed by atoms with van der Waals surface area (Å²) in [7, 11) is 0. The van der Waals surface area contributed by atoms with Gasteiger partial charge in [0.25, 0.3) is 0 Å². The third-order valence-corrected chi connectivity index (χ3v) is 4.03. The molecule has 1 N–H and O–H groups in total. The summed E-state index contributed by atoms with van der Waals surface area (Å²) < 4.78 is 11.6. The highest BCUT2D eigenvalue weighted by Gasteiger charge is 2.14. The van der Waals surface area contributed by atoms with Crippen LogP contribution in [0.4, 0.5) is 0 Å². The molecule has 0 amide bonds. The Morgan fingerprint density at radius 3 is 2.76 bits per heavy atom. The van der Waals surface area contributed by atoms with Crippen molar-refractivity contribution in [3.8, 4) is 5.75 Å². The first-order valence-electron chi connectivity index (χ1n) is 8.39. The van der Waals surface area contributed by atoms with Crippen molar-refractivity contribution in [1.29, 1.82) is 0 Å². The number of benzene rings is 1. The molecule has 0 aromatic heterocycles. The molecule has 3 nitrogen and oxygen atoms in total. The van der Waals surface area contributed by atoms with E-state index in [1.54, 1.807) is 0 Å². The van der Waals surface area contributed by atoms with Gasteiger partial charge in [-0.1, -0.05) is 38.0 Å². The Bertz CT molecular complexity index is 389. The average Bonchev–Trinajstić information content (AvgIpc) is 3.02. The highest BCUT2D eigenvalue weighted by atomic mass is 16.5. The van der Waals surface area contributed by atoms with Crippen LogP contribution >= 0.6 is 0 Å². The third kappa shape index (κ3) is 6.06. The lowest BCUT2D eigenvalue weighted by molar-refractivity contribution is 0.0751. The van der Waals surface area contributed by atoms with Crippen molar-refractivity contribution in [2.45, 2.75) is 45.6 Å². The Balaban J connectivity index is 1.64. The van der Waals surface area contributed by atoms with Crippen LogP contribution < -0.4 is 10.1 Å². The zero-order chi connectivity index (χ0) is 14.8. The van der Waals surface area contributed by atoms with Gasteiger partial charge in [-0.2, -0.15) is 0 Å². The van der Waals surface area contributed by atoms with E-state index in [9.17, 15) is 0 Å². The first-order valence-corrected chi connectivity index (χ1v) is 8.39. The van der Waals surface area contributed by atoms with Gasteiger partial charge in [0.2, 0.25) is 0 Å². The molecule has 0 saturated heterocycles. The lowest BCUT2D eigenvalue weighted by Crippen LogP contribution is -2.16. The van der Waals surface area contributed by atoms with Gasteiger partial charge in [0, 0.05) is 18.7 Å². The van der Waals surface area contributed by atoms with Gasteiger partial charge in [-0.25, -0.2) is 0 Å². The SMILES string of the molecule is CCCNCc1ccccc1OCCOCC1CCCC1. The van der Waals surface area contributed by atoms with Crippen LogP contribution in [0.3, 0.4) is 0 Å². The Hall–Kier alpha value is -1.06. The van der Waals surface area contributed by atoms with Crippen molar-refractivity contribution < 1.29 is 9.47 Å². The summed E-state index contributed by atoms with van der Waals surface area (Å²) in [6.07, 6.45) is 6.59. The van der Waals surface area contributed by atoms with E-state index in [1.807, 2.05) is 12.1 Å². The lowest BCUT2D eigenvalue weighted by atomic mass is 10.1. The number of hydrogen-bond donors (Lipinski definition) is 1. The molecule has 0 radical (unpaired) electrons. The molecule has 0 spiro atoms. The summed E-state index contributed by atoms with van der Waals surface area (Å²) in [4.78, 5) is 0. The Morgan fingerprint density at radius 1 is 1.14 bits per heavy atom. The lowest BCUT2D eigenvalue weighted by Gasteiger charge is -2.13. The molecule has 1 aromatic rings.